The first-order valence-corrected chi connectivity index (χ1v) is 9.19. The molecule has 0 heterocycles. The van der Waals surface area contributed by atoms with Crippen LogP contribution in [0, 0.1) is 5.92 Å². The average molecular weight is 376 g/mol. The fraction of sp³-hybridized carbons (Fsp3) is 0.381. The molecule has 0 aromatic heterocycles. The van der Waals surface area contributed by atoms with E-state index in [9.17, 15) is 4.79 Å². The third-order valence-corrected chi connectivity index (χ3v) is 4.32. The second kappa shape index (κ2) is 9.48. The SMILES string of the molecule is CCOc1ccc(C(=O)N[C@H](CC(C)C)c2ccc(OC)cc2)cc1Cl. The zero-order chi connectivity index (χ0) is 19.1. The molecular weight excluding hydrogens is 350 g/mol. The summed E-state index contributed by atoms with van der Waals surface area (Å²) in [5.41, 5.74) is 1.56. The van der Waals surface area contributed by atoms with Gasteiger partial charge in [0, 0.05) is 5.56 Å². The van der Waals surface area contributed by atoms with Gasteiger partial charge in [-0.25, -0.2) is 0 Å². The maximum absolute atomic E-state index is 12.7. The Morgan fingerprint density at radius 2 is 1.85 bits per heavy atom. The smallest absolute Gasteiger partial charge is 0.251 e. The number of amides is 1. The van der Waals surface area contributed by atoms with Gasteiger partial charge in [-0.15, -0.1) is 0 Å². The van der Waals surface area contributed by atoms with Crippen LogP contribution in [0.3, 0.4) is 0 Å². The van der Waals surface area contributed by atoms with Crippen LogP contribution in [0.5, 0.6) is 11.5 Å². The summed E-state index contributed by atoms with van der Waals surface area (Å²) < 4.78 is 10.6. The Bertz CT molecular complexity index is 729. The number of benzene rings is 2. The first-order chi connectivity index (χ1) is 12.4. The highest BCUT2D eigenvalue weighted by Crippen LogP contribution is 2.27. The third kappa shape index (κ3) is 5.40. The number of halogens is 1. The van der Waals surface area contributed by atoms with Gasteiger partial charge in [0.25, 0.3) is 5.91 Å². The maximum atomic E-state index is 12.7. The lowest BCUT2D eigenvalue weighted by Crippen LogP contribution is -2.29. The number of ether oxygens (including phenoxy) is 2. The molecule has 0 aliphatic carbocycles. The first kappa shape index (κ1) is 20.1. The van der Waals surface area contributed by atoms with E-state index in [0.717, 1.165) is 17.7 Å². The normalized spacial score (nSPS) is 11.9. The van der Waals surface area contributed by atoms with Gasteiger partial charge >= 0.3 is 0 Å². The molecule has 2 aromatic carbocycles. The number of methoxy groups -OCH3 is 1. The van der Waals surface area contributed by atoms with Gasteiger partial charge in [-0.1, -0.05) is 37.6 Å². The summed E-state index contributed by atoms with van der Waals surface area (Å²) in [5, 5.41) is 3.55. The fourth-order valence-corrected chi connectivity index (χ4v) is 2.98. The molecule has 26 heavy (non-hydrogen) atoms. The minimum Gasteiger partial charge on any atom is -0.497 e. The van der Waals surface area contributed by atoms with Crippen LogP contribution in [0.1, 0.15) is 49.2 Å². The van der Waals surface area contributed by atoms with Crippen molar-refractivity contribution in [3.8, 4) is 11.5 Å². The van der Waals surface area contributed by atoms with Crippen molar-refractivity contribution < 1.29 is 14.3 Å². The highest BCUT2D eigenvalue weighted by atomic mass is 35.5. The van der Waals surface area contributed by atoms with Crippen LogP contribution in [-0.4, -0.2) is 19.6 Å². The number of nitrogens with one attached hydrogen (secondary N) is 1. The molecule has 1 N–H and O–H groups in total. The van der Waals surface area contributed by atoms with E-state index in [1.54, 1.807) is 25.3 Å². The van der Waals surface area contributed by atoms with Crippen LogP contribution in [0.2, 0.25) is 5.02 Å². The van der Waals surface area contributed by atoms with Crippen molar-refractivity contribution in [3.63, 3.8) is 0 Å². The van der Waals surface area contributed by atoms with Gasteiger partial charge in [0.05, 0.1) is 24.8 Å². The average Bonchev–Trinajstić information content (AvgIpc) is 2.62. The predicted octanol–water partition coefficient (Wildman–Crippen LogP) is 5.26. The zero-order valence-electron chi connectivity index (χ0n) is 15.7. The number of rotatable bonds is 8. The quantitative estimate of drug-likeness (QED) is 0.684. The summed E-state index contributed by atoms with van der Waals surface area (Å²) in [7, 11) is 1.64. The molecule has 2 aromatic rings. The summed E-state index contributed by atoms with van der Waals surface area (Å²) in [6.45, 7) is 6.69. The lowest BCUT2D eigenvalue weighted by Gasteiger charge is -2.21. The molecule has 2 rings (SSSR count). The number of carbonyl (C=O) groups excluding carboxylic acids is 1. The zero-order valence-corrected chi connectivity index (χ0v) is 16.5. The van der Waals surface area contributed by atoms with Crippen molar-refractivity contribution in [2.45, 2.75) is 33.2 Å². The van der Waals surface area contributed by atoms with Gasteiger partial charge in [-0.3, -0.25) is 4.79 Å². The van der Waals surface area contributed by atoms with Gasteiger partial charge in [-0.2, -0.15) is 0 Å². The maximum Gasteiger partial charge on any atom is 0.251 e. The molecule has 5 heteroatoms. The van der Waals surface area contributed by atoms with Crippen molar-refractivity contribution in [2.24, 2.45) is 5.92 Å². The monoisotopic (exact) mass is 375 g/mol. The van der Waals surface area contributed by atoms with Crippen LogP contribution in [-0.2, 0) is 0 Å². The van der Waals surface area contributed by atoms with Crippen LogP contribution in [0.25, 0.3) is 0 Å². The molecule has 0 aliphatic rings. The summed E-state index contributed by atoms with van der Waals surface area (Å²) in [6.07, 6.45) is 0.836. The van der Waals surface area contributed by atoms with Gasteiger partial charge in [0.15, 0.2) is 0 Å². The molecule has 0 fully saturated rings. The number of hydrogen-bond donors (Lipinski definition) is 1. The van der Waals surface area contributed by atoms with Crippen LogP contribution >= 0.6 is 11.6 Å². The molecule has 1 atom stereocenters. The molecule has 0 unspecified atom stereocenters. The molecule has 0 saturated heterocycles. The Kier molecular flexibility index (Phi) is 7.34. The number of hydrogen-bond acceptors (Lipinski definition) is 3. The Labute approximate surface area is 160 Å². The minimum absolute atomic E-state index is 0.0845. The van der Waals surface area contributed by atoms with E-state index in [4.69, 9.17) is 21.1 Å². The summed E-state index contributed by atoms with van der Waals surface area (Å²) >= 11 is 6.20. The molecule has 0 bridgehead atoms. The van der Waals surface area contributed by atoms with Crippen LogP contribution < -0.4 is 14.8 Å². The largest absolute Gasteiger partial charge is 0.497 e. The Hall–Kier alpha value is -2.20. The van der Waals surface area contributed by atoms with E-state index in [1.807, 2.05) is 31.2 Å². The first-order valence-electron chi connectivity index (χ1n) is 8.81. The summed E-state index contributed by atoms with van der Waals surface area (Å²) in [6, 6.07) is 12.8. The highest BCUT2D eigenvalue weighted by molar-refractivity contribution is 6.32. The topological polar surface area (TPSA) is 47.6 Å². The second-order valence-corrected chi connectivity index (χ2v) is 6.91. The molecule has 0 spiro atoms. The van der Waals surface area contributed by atoms with Crippen molar-refractivity contribution in [1.29, 1.82) is 0 Å². The lowest BCUT2D eigenvalue weighted by atomic mass is 9.96. The van der Waals surface area contributed by atoms with E-state index >= 15 is 0 Å². The Morgan fingerprint density at radius 1 is 1.15 bits per heavy atom. The summed E-state index contributed by atoms with van der Waals surface area (Å²) in [4.78, 5) is 12.7. The molecular formula is C21H26ClNO3. The third-order valence-electron chi connectivity index (χ3n) is 4.02. The molecule has 0 radical (unpaired) electrons. The van der Waals surface area contributed by atoms with Gasteiger partial charge in [0.1, 0.15) is 11.5 Å². The second-order valence-electron chi connectivity index (χ2n) is 6.51. The number of carbonyl (C=O) groups is 1. The summed E-state index contributed by atoms with van der Waals surface area (Å²) in [5.74, 6) is 1.66. The van der Waals surface area contributed by atoms with Crippen molar-refractivity contribution in [3.05, 3.63) is 58.6 Å². The Balaban J connectivity index is 2.18. The van der Waals surface area contributed by atoms with Crippen LogP contribution in [0.15, 0.2) is 42.5 Å². The van der Waals surface area contributed by atoms with E-state index in [0.29, 0.717) is 28.9 Å². The van der Waals surface area contributed by atoms with Crippen molar-refractivity contribution in [2.75, 3.05) is 13.7 Å². The van der Waals surface area contributed by atoms with Crippen molar-refractivity contribution in [1.82, 2.24) is 5.32 Å². The van der Waals surface area contributed by atoms with Crippen LogP contribution in [0.4, 0.5) is 0 Å². The van der Waals surface area contributed by atoms with E-state index in [-0.39, 0.29) is 11.9 Å². The molecule has 0 aliphatic heterocycles. The van der Waals surface area contributed by atoms with Gasteiger partial charge in [0.2, 0.25) is 0 Å². The lowest BCUT2D eigenvalue weighted by molar-refractivity contribution is 0.0932. The Morgan fingerprint density at radius 3 is 2.38 bits per heavy atom. The van der Waals surface area contributed by atoms with Gasteiger partial charge < -0.3 is 14.8 Å². The molecule has 1 amide bonds. The van der Waals surface area contributed by atoms with Crippen molar-refractivity contribution >= 4 is 17.5 Å². The van der Waals surface area contributed by atoms with Gasteiger partial charge in [-0.05, 0) is 55.2 Å². The van der Waals surface area contributed by atoms with E-state index < -0.39 is 0 Å². The minimum atomic E-state index is -0.156. The highest BCUT2D eigenvalue weighted by Gasteiger charge is 2.18. The molecule has 140 valence electrons. The molecule has 0 saturated carbocycles. The standard InChI is InChI=1S/C21H26ClNO3/c1-5-26-20-11-8-16(13-18(20)22)21(24)23-19(12-14(2)3)15-6-9-17(25-4)10-7-15/h6-11,13-14,19H,5,12H2,1-4H3,(H,23,24)/t19-/m1/s1. The van der Waals surface area contributed by atoms with E-state index in [1.165, 1.54) is 0 Å². The fourth-order valence-electron chi connectivity index (χ4n) is 2.74. The van der Waals surface area contributed by atoms with E-state index in [2.05, 4.69) is 19.2 Å². The predicted molar refractivity (Wildman–Crippen MR) is 105 cm³/mol. The molecule has 4 nitrogen and oxygen atoms in total.